The summed E-state index contributed by atoms with van der Waals surface area (Å²) in [5.74, 6) is -0.129. The SMILES string of the molecule is CCc1ccc(CNC(=O)CCn2cnc3onc(-c4ccccc4)c3c2=O)cc1. The number of amides is 1. The van der Waals surface area contributed by atoms with E-state index in [0.29, 0.717) is 17.6 Å². The number of rotatable bonds is 7. The minimum absolute atomic E-state index is 0.129. The lowest BCUT2D eigenvalue weighted by Crippen LogP contribution is -2.27. The van der Waals surface area contributed by atoms with Crippen LogP contribution in [0, 0.1) is 0 Å². The van der Waals surface area contributed by atoms with Gasteiger partial charge in [0.2, 0.25) is 5.91 Å². The average Bonchev–Trinajstić information content (AvgIpc) is 3.23. The summed E-state index contributed by atoms with van der Waals surface area (Å²) < 4.78 is 6.63. The topological polar surface area (TPSA) is 90.0 Å². The van der Waals surface area contributed by atoms with Crippen LogP contribution in [0.5, 0.6) is 0 Å². The predicted octanol–water partition coefficient (Wildman–Crippen LogP) is 3.32. The maximum atomic E-state index is 12.9. The van der Waals surface area contributed by atoms with Gasteiger partial charge >= 0.3 is 0 Å². The number of nitrogens with one attached hydrogen (secondary N) is 1. The number of benzene rings is 2. The highest BCUT2D eigenvalue weighted by Gasteiger charge is 2.17. The summed E-state index contributed by atoms with van der Waals surface area (Å²) in [6.07, 6.45) is 2.55. The molecule has 0 saturated carbocycles. The van der Waals surface area contributed by atoms with Gasteiger partial charge in [0.1, 0.15) is 17.4 Å². The number of aromatic nitrogens is 3. The van der Waals surface area contributed by atoms with Crippen molar-refractivity contribution in [2.24, 2.45) is 0 Å². The Morgan fingerprint density at radius 3 is 2.53 bits per heavy atom. The zero-order valence-electron chi connectivity index (χ0n) is 16.7. The van der Waals surface area contributed by atoms with Crippen LogP contribution in [0.2, 0.25) is 0 Å². The summed E-state index contributed by atoms with van der Waals surface area (Å²) >= 11 is 0. The average molecular weight is 402 g/mol. The smallest absolute Gasteiger partial charge is 0.266 e. The van der Waals surface area contributed by atoms with Gasteiger partial charge in [-0.2, -0.15) is 0 Å². The first-order chi connectivity index (χ1) is 14.7. The first kappa shape index (κ1) is 19.6. The van der Waals surface area contributed by atoms with Crippen molar-refractivity contribution in [3.8, 4) is 11.3 Å². The summed E-state index contributed by atoms with van der Waals surface area (Å²) in [4.78, 5) is 29.4. The molecule has 0 fully saturated rings. The van der Waals surface area contributed by atoms with E-state index >= 15 is 0 Å². The molecule has 0 aliphatic carbocycles. The Morgan fingerprint density at radius 1 is 1.07 bits per heavy atom. The maximum Gasteiger partial charge on any atom is 0.266 e. The standard InChI is InChI=1S/C23H22N4O3/c1-2-16-8-10-17(11-9-16)14-24-19(28)12-13-27-15-25-22-20(23(27)29)21(26-30-22)18-6-4-3-5-7-18/h3-11,15H,2,12-14H2,1H3,(H,24,28). The third-order valence-electron chi connectivity index (χ3n) is 5.01. The van der Waals surface area contributed by atoms with Crippen molar-refractivity contribution in [2.75, 3.05) is 0 Å². The lowest BCUT2D eigenvalue weighted by Gasteiger charge is -2.07. The Bertz CT molecular complexity index is 1210. The number of carbonyl (C=O) groups is 1. The molecule has 4 aromatic rings. The highest BCUT2D eigenvalue weighted by atomic mass is 16.5. The summed E-state index contributed by atoms with van der Waals surface area (Å²) in [5.41, 5.74) is 3.45. The van der Waals surface area contributed by atoms with Crippen LogP contribution >= 0.6 is 0 Å². The maximum absolute atomic E-state index is 12.9. The summed E-state index contributed by atoms with van der Waals surface area (Å²) in [6, 6.07) is 17.5. The Kier molecular flexibility index (Phi) is 5.70. The summed E-state index contributed by atoms with van der Waals surface area (Å²) in [5, 5.41) is 7.22. The van der Waals surface area contributed by atoms with Gasteiger partial charge in [0.25, 0.3) is 11.3 Å². The van der Waals surface area contributed by atoms with E-state index in [1.165, 1.54) is 16.5 Å². The second kappa shape index (κ2) is 8.73. The molecule has 152 valence electrons. The van der Waals surface area contributed by atoms with Crippen molar-refractivity contribution in [1.82, 2.24) is 20.0 Å². The number of carbonyl (C=O) groups excluding carboxylic acids is 1. The van der Waals surface area contributed by atoms with Crippen LogP contribution in [0.25, 0.3) is 22.4 Å². The second-order valence-electron chi connectivity index (χ2n) is 7.02. The molecule has 30 heavy (non-hydrogen) atoms. The fourth-order valence-electron chi connectivity index (χ4n) is 3.24. The van der Waals surface area contributed by atoms with E-state index in [1.54, 1.807) is 0 Å². The third-order valence-corrected chi connectivity index (χ3v) is 5.01. The molecule has 0 unspecified atom stereocenters. The lowest BCUT2D eigenvalue weighted by molar-refractivity contribution is -0.121. The van der Waals surface area contributed by atoms with Gasteiger partial charge in [-0.1, -0.05) is 66.7 Å². The monoisotopic (exact) mass is 402 g/mol. The zero-order valence-corrected chi connectivity index (χ0v) is 16.7. The Labute approximate surface area is 173 Å². The summed E-state index contributed by atoms with van der Waals surface area (Å²) in [7, 11) is 0. The highest BCUT2D eigenvalue weighted by Crippen LogP contribution is 2.23. The van der Waals surface area contributed by atoms with Gasteiger partial charge in [0.05, 0.1) is 0 Å². The quantitative estimate of drug-likeness (QED) is 0.512. The molecule has 7 heteroatoms. The van der Waals surface area contributed by atoms with E-state index in [-0.39, 0.29) is 30.1 Å². The molecule has 7 nitrogen and oxygen atoms in total. The lowest BCUT2D eigenvalue weighted by atomic mass is 10.1. The van der Waals surface area contributed by atoms with E-state index in [2.05, 4.69) is 34.5 Å². The first-order valence-corrected chi connectivity index (χ1v) is 9.90. The largest absolute Gasteiger partial charge is 0.352 e. The number of nitrogens with zero attached hydrogens (tertiary/aromatic N) is 3. The molecule has 1 amide bonds. The van der Waals surface area contributed by atoms with Crippen molar-refractivity contribution in [3.63, 3.8) is 0 Å². The molecule has 2 aromatic heterocycles. The number of hydrogen-bond acceptors (Lipinski definition) is 5. The molecule has 0 aliphatic heterocycles. The van der Waals surface area contributed by atoms with Gasteiger partial charge in [-0.15, -0.1) is 0 Å². The fraction of sp³-hybridized carbons (Fsp3) is 0.217. The van der Waals surface area contributed by atoms with Crippen molar-refractivity contribution in [2.45, 2.75) is 32.9 Å². The highest BCUT2D eigenvalue weighted by molar-refractivity contribution is 5.88. The Hall–Kier alpha value is -3.74. The molecule has 0 atom stereocenters. The van der Waals surface area contributed by atoms with Crippen molar-refractivity contribution < 1.29 is 9.32 Å². The van der Waals surface area contributed by atoms with Crippen molar-refractivity contribution >= 4 is 17.0 Å². The van der Waals surface area contributed by atoms with Crippen LogP contribution in [-0.4, -0.2) is 20.6 Å². The molecule has 0 aliphatic rings. The third kappa shape index (κ3) is 4.15. The molecular weight excluding hydrogens is 380 g/mol. The van der Waals surface area contributed by atoms with Crippen LogP contribution in [0.4, 0.5) is 0 Å². The van der Waals surface area contributed by atoms with Crippen molar-refractivity contribution in [1.29, 1.82) is 0 Å². The first-order valence-electron chi connectivity index (χ1n) is 9.90. The second-order valence-corrected chi connectivity index (χ2v) is 7.02. The molecule has 1 N–H and O–H groups in total. The van der Waals surface area contributed by atoms with Crippen LogP contribution in [-0.2, 0) is 24.3 Å². The van der Waals surface area contributed by atoms with Gasteiger partial charge < -0.3 is 9.84 Å². The van der Waals surface area contributed by atoms with Crippen LogP contribution < -0.4 is 10.9 Å². The van der Waals surface area contributed by atoms with Crippen LogP contribution in [0.3, 0.4) is 0 Å². The Morgan fingerprint density at radius 2 is 1.80 bits per heavy atom. The fourth-order valence-corrected chi connectivity index (χ4v) is 3.24. The van der Waals surface area contributed by atoms with E-state index in [1.807, 2.05) is 42.5 Å². The Balaban J connectivity index is 1.44. The number of aryl methyl sites for hydroxylation is 2. The predicted molar refractivity (Wildman–Crippen MR) is 114 cm³/mol. The molecule has 4 rings (SSSR count). The van der Waals surface area contributed by atoms with Gasteiger partial charge in [0, 0.05) is 25.1 Å². The number of hydrogen-bond donors (Lipinski definition) is 1. The molecule has 0 spiro atoms. The normalized spacial score (nSPS) is 11.0. The van der Waals surface area contributed by atoms with Crippen molar-refractivity contribution in [3.05, 3.63) is 82.4 Å². The molecule has 2 aromatic carbocycles. The minimum atomic E-state index is -0.275. The molecule has 2 heterocycles. The number of fused-ring (bicyclic) bond motifs is 1. The van der Waals surface area contributed by atoms with Gasteiger partial charge in [-0.3, -0.25) is 14.2 Å². The van der Waals surface area contributed by atoms with E-state index in [4.69, 9.17) is 4.52 Å². The molecule has 0 radical (unpaired) electrons. The molecule has 0 saturated heterocycles. The van der Waals surface area contributed by atoms with Crippen LogP contribution in [0.15, 0.2) is 70.2 Å². The zero-order chi connectivity index (χ0) is 20.9. The van der Waals surface area contributed by atoms with E-state index < -0.39 is 0 Å². The molecular formula is C23H22N4O3. The van der Waals surface area contributed by atoms with Gasteiger partial charge in [-0.25, -0.2) is 4.98 Å². The van der Waals surface area contributed by atoms with Gasteiger partial charge in [-0.05, 0) is 17.5 Å². The van der Waals surface area contributed by atoms with Gasteiger partial charge in [0.15, 0.2) is 0 Å². The summed E-state index contributed by atoms with van der Waals surface area (Å²) in [6.45, 7) is 2.79. The molecule has 0 bridgehead atoms. The minimum Gasteiger partial charge on any atom is -0.352 e. The van der Waals surface area contributed by atoms with E-state index in [0.717, 1.165) is 17.5 Å². The van der Waals surface area contributed by atoms with E-state index in [9.17, 15) is 9.59 Å². The van der Waals surface area contributed by atoms with Crippen LogP contribution in [0.1, 0.15) is 24.5 Å².